The maximum atomic E-state index is 13.3. The minimum Gasteiger partial charge on any atom is -0.493 e. The van der Waals surface area contributed by atoms with Gasteiger partial charge in [-0.3, -0.25) is 19.8 Å². The fourth-order valence-corrected chi connectivity index (χ4v) is 4.31. The number of benzene rings is 3. The van der Waals surface area contributed by atoms with Crippen molar-refractivity contribution in [2.75, 3.05) is 12.0 Å². The molecule has 0 spiro atoms. The Morgan fingerprint density at radius 1 is 1.14 bits per heavy atom. The predicted octanol–water partition coefficient (Wildman–Crippen LogP) is 4.77. The minimum atomic E-state index is -1.16. The Kier molecular flexibility index (Phi) is 7.56. The van der Waals surface area contributed by atoms with Crippen LogP contribution < -0.4 is 19.7 Å². The fraction of sp³-hybridized carbons (Fsp3) is 0.111. The largest absolute Gasteiger partial charge is 0.493 e. The summed E-state index contributed by atoms with van der Waals surface area (Å²) in [7, 11) is 1.45. The third-order valence-corrected chi connectivity index (χ3v) is 6.05. The van der Waals surface area contributed by atoms with Gasteiger partial charge in [-0.25, -0.2) is 4.79 Å². The van der Waals surface area contributed by atoms with Crippen LogP contribution in [0.4, 0.5) is 5.69 Å². The number of halogens is 1. The van der Waals surface area contributed by atoms with Crippen molar-refractivity contribution in [2.45, 2.75) is 13.5 Å². The van der Waals surface area contributed by atoms with Gasteiger partial charge >= 0.3 is 5.97 Å². The third kappa shape index (κ3) is 5.63. The molecule has 10 heteroatoms. The van der Waals surface area contributed by atoms with Crippen molar-refractivity contribution >= 4 is 58.5 Å². The number of aromatic carboxylic acids is 1. The summed E-state index contributed by atoms with van der Waals surface area (Å²) < 4.78 is 11.4. The van der Waals surface area contributed by atoms with E-state index in [2.05, 4.69) is 5.32 Å². The summed E-state index contributed by atoms with van der Waals surface area (Å²) in [6.07, 6.45) is 1.35. The van der Waals surface area contributed by atoms with Gasteiger partial charge in [0.05, 0.1) is 23.4 Å². The number of aryl methyl sites for hydroxylation is 1. The summed E-state index contributed by atoms with van der Waals surface area (Å²) in [5.74, 6) is -1.94. The number of rotatable bonds is 7. The summed E-state index contributed by atoms with van der Waals surface area (Å²) in [6.45, 7) is 2.25. The molecule has 0 radical (unpaired) electrons. The zero-order chi connectivity index (χ0) is 26.7. The first-order chi connectivity index (χ1) is 17.7. The maximum absolute atomic E-state index is 13.3. The number of carboxylic acid groups (broad SMARTS) is 1. The van der Waals surface area contributed by atoms with Crippen molar-refractivity contribution in [3.05, 3.63) is 93.5 Å². The molecule has 3 aromatic carbocycles. The normalized spacial score (nSPS) is 14.5. The van der Waals surface area contributed by atoms with Crippen LogP contribution >= 0.6 is 23.8 Å². The van der Waals surface area contributed by atoms with Crippen LogP contribution in [0.3, 0.4) is 0 Å². The molecule has 1 aliphatic heterocycles. The Labute approximate surface area is 223 Å². The zero-order valence-electron chi connectivity index (χ0n) is 19.8. The quantitative estimate of drug-likeness (QED) is 0.255. The fourth-order valence-electron chi connectivity index (χ4n) is 3.76. The van der Waals surface area contributed by atoms with Gasteiger partial charge < -0.3 is 14.6 Å². The average molecular weight is 537 g/mol. The van der Waals surface area contributed by atoms with Crippen LogP contribution in [0.25, 0.3) is 6.08 Å². The van der Waals surface area contributed by atoms with Crippen molar-refractivity contribution in [3.8, 4) is 11.5 Å². The van der Waals surface area contributed by atoms with E-state index >= 15 is 0 Å². The van der Waals surface area contributed by atoms with Crippen LogP contribution in [0, 0.1) is 6.92 Å². The Hall–Kier alpha value is -4.21. The first kappa shape index (κ1) is 25.9. The number of thiocarbonyl (C=S) groups is 1. The van der Waals surface area contributed by atoms with E-state index in [1.165, 1.54) is 37.5 Å². The van der Waals surface area contributed by atoms with Gasteiger partial charge in [-0.2, -0.15) is 0 Å². The van der Waals surface area contributed by atoms with Crippen LogP contribution in [0.5, 0.6) is 11.5 Å². The molecule has 2 amide bonds. The van der Waals surface area contributed by atoms with Gasteiger partial charge in [0, 0.05) is 0 Å². The Bertz CT molecular complexity index is 1470. The van der Waals surface area contributed by atoms with Crippen molar-refractivity contribution in [3.63, 3.8) is 0 Å². The maximum Gasteiger partial charge on any atom is 0.335 e. The molecular weight excluding hydrogens is 516 g/mol. The van der Waals surface area contributed by atoms with Crippen molar-refractivity contribution in [1.82, 2.24) is 5.32 Å². The summed E-state index contributed by atoms with van der Waals surface area (Å²) in [6, 6.07) is 16.7. The van der Waals surface area contributed by atoms with Gasteiger partial charge in [0.1, 0.15) is 12.2 Å². The number of nitrogens with one attached hydrogen (secondary N) is 1. The van der Waals surface area contributed by atoms with Crippen molar-refractivity contribution < 1.29 is 29.0 Å². The molecule has 0 unspecified atom stereocenters. The zero-order valence-corrected chi connectivity index (χ0v) is 21.4. The monoisotopic (exact) mass is 536 g/mol. The number of amides is 2. The van der Waals surface area contributed by atoms with Gasteiger partial charge in [-0.15, -0.1) is 0 Å². The van der Waals surface area contributed by atoms with E-state index < -0.39 is 17.8 Å². The van der Waals surface area contributed by atoms with E-state index in [0.717, 1.165) is 16.0 Å². The molecule has 3 aromatic rings. The number of methoxy groups -OCH3 is 1. The lowest BCUT2D eigenvalue weighted by atomic mass is 10.1. The first-order valence-corrected chi connectivity index (χ1v) is 11.8. The second-order valence-corrected chi connectivity index (χ2v) is 8.92. The summed E-state index contributed by atoms with van der Waals surface area (Å²) in [5.41, 5.74) is 2.41. The van der Waals surface area contributed by atoms with Crippen LogP contribution in [-0.2, 0) is 16.2 Å². The topological polar surface area (TPSA) is 105 Å². The molecule has 37 heavy (non-hydrogen) atoms. The standard InChI is InChI=1S/C27H21ClN2O6S/c1-15-5-3-6-16(9-15)14-36-23-21(28)11-17(12-22(23)35-2)10-20-24(31)29-27(37)30(25(20)32)19-8-4-7-18(13-19)26(33)34/h3-13H,14H2,1-2H3,(H,33,34)(H,29,31,37). The molecule has 8 nitrogen and oxygen atoms in total. The SMILES string of the molecule is COc1cc(C=C2C(=O)NC(=S)N(c3cccc(C(=O)O)c3)C2=O)cc(Cl)c1OCc1cccc(C)c1. The molecule has 1 heterocycles. The number of hydrogen-bond acceptors (Lipinski definition) is 6. The molecule has 188 valence electrons. The number of carbonyl (C=O) groups is 3. The predicted molar refractivity (Wildman–Crippen MR) is 143 cm³/mol. The Morgan fingerprint density at radius 3 is 2.59 bits per heavy atom. The summed E-state index contributed by atoms with van der Waals surface area (Å²) in [4.78, 5) is 38.4. The summed E-state index contributed by atoms with van der Waals surface area (Å²) >= 11 is 11.7. The number of nitrogens with zero attached hydrogens (tertiary/aromatic N) is 1. The van der Waals surface area contributed by atoms with Gasteiger partial charge in [0.2, 0.25) is 0 Å². The van der Waals surface area contributed by atoms with Crippen LogP contribution in [0.1, 0.15) is 27.0 Å². The molecule has 2 N–H and O–H groups in total. The van der Waals surface area contributed by atoms with E-state index in [1.807, 2.05) is 31.2 Å². The summed E-state index contributed by atoms with van der Waals surface area (Å²) in [5, 5.41) is 11.8. The molecule has 0 bridgehead atoms. The molecule has 0 aromatic heterocycles. The number of anilines is 1. The van der Waals surface area contributed by atoms with Crippen molar-refractivity contribution in [2.24, 2.45) is 0 Å². The molecule has 1 saturated heterocycles. The smallest absolute Gasteiger partial charge is 0.335 e. The van der Waals surface area contributed by atoms with E-state index in [0.29, 0.717) is 17.1 Å². The minimum absolute atomic E-state index is 0.0340. The third-order valence-electron chi connectivity index (χ3n) is 5.48. The molecule has 0 atom stereocenters. The van der Waals surface area contributed by atoms with Gasteiger partial charge in [0.25, 0.3) is 11.8 Å². The lowest BCUT2D eigenvalue weighted by Crippen LogP contribution is -2.54. The Morgan fingerprint density at radius 2 is 1.89 bits per heavy atom. The lowest BCUT2D eigenvalue weighted by molar-refractivity contribution is -0.122. The van der Waals surface area contributed by atoms with Crippen LogP contribution in [0.2, 0.25) is 5.02 Å². The molecule has 1 aliphatic rings. The highest BCUT2D eigenvalue weighted by Gasteiger charge is 2.35. The number of ether oxygens (including phenoxy) is 2. The number of hydrogen-bond donors (Lipinski definition) is 2. The van der Waals surface area contributed by atoms with Crippen molar-refractivity contribution in [1.29, 1.82) is 0 Å². The highest BCUT2D eigenvalue weighted by Crippen LogP contribution is 2.38. The molecule has 1 fully saturated rings. The van der Waals surface area contributed by atoms with E-state index in [-0.39, 0.29) is 33.6 Å². The Balaban J connectivity index is 1.65. The van der Waals surface area contributed by atoms with Crippen LogP contribution in [-0.4, -0.2) is 35.1 Å². The van der Waals surface area contributed by atoms with E-state index in [9.17, 15) is 19.5 Å². The molecule has 0 aliphatic carbocycles. The van der Waals surface area contributed by atoms with Gasteiger partial charge in [-0.05, 0) is 66.7 Å². The highest BCUT2D eigenvalue weighted by molar-refractivity contribution is 7.80. The number of carboxylic acids is 1. The van der Waals surface area contributed by atoms with E-state index in [1.54, 1.807) is 12.1 Å². The second-order valence-electron chi connectivity index (χ2n) is 8.13. The average Bonchev–Trinajstić information content (AvgIpc) is 2.85. The second kappa shape index (κ2) is 10.8. The van der Waals surface area contributed by atoms with Gasteiger partial charge in [0.15, 0.2) is 16.6 Å². The first-order valence-electron chi connectivity index (χ1n) is 11.0. The molecule has 0 saturated carbocycles. The van der Waals surface area contributed by atoms with Gasteiger partial charge in [-0.1, -0.05) is 47.5 Å². The molecular formula is C27H21ClN2O6S. The molecule has 4 rings (SSSR count). The highest BCUT2D eigenvalue weighted by atomic mass is 35.5. The number of carbonyl (C=O) groups excluding carboxylic acids is 2. The lowest BCUT2D eigenvalue weighted by Gasteiger charge is -2.29. The van der Waals surface area contributed by atoms with Crippen LogP contribution in [0.15, 0.2) is 66.2 Å². The van der Waals surface area contributed by atoms with E-state index in [4.69, 9.17) is 33.3 Å².